The molecule has 0 aliphatic heterocycles. The molecule has 0 aliphatic carbocycles. The summed E-state index contributed by atoms with van der Waals surface area (Å²) >= 11 is 0. The number of hydrogen-bond acceptors (Lipinski definition) is 5. The van der Waals surface area contributed by atoms with Crippen molar-refractivity contribution in [2.45, 2.75) is 32.7 Å². The summed E-state index contributed by atoms with van der Waals surface area (Å²) in [6, 6.07) is -0.538. The summed E-state index contributed by atoms with van der Waals surface area (Å²) in [5.41, 5.74) is 5.54. The van der Waals surface area contributed by atoms with E-state index in [0.29, 0.717) is 17.6 Å². The van der Waals surface area contributed by atoms with Gasteiger partial charge < -0.3 is 15.4 Å². The predicted octanol–water partition coefficient (Wildman–Crippen LogP) is 0.650. The van der Waals surface area contributed by atoms with Gasteiger partial charge in [0, 0.05) is 6.42 Å². The van der Waals surface area contributed by atoms with E-state index in [-0.39, 0.29) is 6.61 Å². The Morgan fingerprint density at radius 2 is 2.29 bits per heavy atom. The van der Waals surface area contributed by atoms with Crippen LogP contribution in [0, 0.1) is 5.92 Å². The van der Waals surface area contributed by atoms with E-state index >= 15 is 0 Å². The first-order valence-electron chi connectivity index (χ1n) is 4.86. The number of nitrogens with zero attached hydrogens (tertiary/aromatic N) is 2. The largest absolute Gasteiger partial charge is 0.394 e. The Morgan fingerprint density at radius 1 is 1.57 bits per heavy atom. The van der Waals surface area contributed by atoms with Crippen LogP contribution in [0.3, 0.4) is 0 Å². The van der Waals surface area contributed by atoms with Crippen LogP contribution in [-0.2, 0) is 6.42 Å². The van der Waals surface area contributed by atoms with Crippen LogP contribution >= 0.6 is 0 Å². The normalized spacial score (nSPS) is 15.4. The van der Waals surface area contributed by atoms with Crippen LogP contribution in [0.5, 0.6) is 0 Å². The zero-order chi connectivity index (χ0) is 10.6. The van der Waals surface area contributed by atoms with E-state index < -0.39 is 6.04 Å². The summed E-state index contributed by atoms with van der Waals surface area (Å²) in [5.74, 6) is 1.50. The zero-order valence-electron chi connectivity index (χ0n) is 8.60. The van der Waals surface area contributed by atoms with E-state index in [1.807, 2.05) is 0 Å². The molecule has 2 atom stereocenters. The molecule has 0 spiro atoms. The summed E-state index contributed by atoms with van der Waals surface area (Å²) < 4.78 is 5.01. The fraction of sp³-hybridized carbons (Fsp3) is 0.778. The van der Waals surface area contributed by atoms with Crippen LogP contribution in [0.1, 0.15) is 38.0 Å². The molecule has 2 unspecified atom stereocenters. The van der Waals surface area contributed by atoms with E-state index in [4.69, 9.17) is 15.4 Å². The van der Waals surface area contributed by atoms with Gasteiger partial charge in [0.1, 0.15) is 0 Å². The third kappa shape index (κ3) is 2.78. The molecule has 80 valence electrons. The van der Waals surface area contributed by atoms with Crippen LogP contribution in [0.4, 0.5) is 0 Å². The highest BCUT2D eigenvalue weighted by Crippen LogP contribution is 2.11. The molecule has 0 aromatic carbocycles. The van der Waals surface area contributed by atoms with Gasteiger partial charge in [-0.3, -0.25) is 0 Å². The summed E-state index contributed by atoms with van der Waals surface area (Å²) in [5, 5.41) is 12.5. The first-order valence-corrected chi connectivity index (χ1v) is 4.86. The Labute approximate surface area is 83.3 Å². The maximum atomic E-state index is 8.78. The van der Waals surface area contributed by atoms with Gasteiger partial charge in [0.05, 0.1) is 12.6 Å². The third-order valence-electron chi connectivity index (χ3n) is 2.23. The molecular formula is C9H17N3O2. The van der Waals surface area contributed by atoms with Gasteiger partial charge in [0.2, 0.25) is 5.89 Å². The number of rotatable bonds is 5. The molecule has 5 nitrogen and oxygen atoms in total. The average molecular weight is 199 g/mol. The third-order valence-corrected chi connectivity index (χ3v) is 2.23. The van der Waals surface area contributed by atoms with E-state index in [2.05, 4.69) is 24.0 Å². The summed E-state index contributed by atoms with van der Waals surface area (Å²) in [4.78, 5) is 4.11. The maximum Gasteiger partial charge on any atom is 0.226 e. The molecule has 1 aromatic rings. The molecule has 1 rings (SSSR count). The summed E-state index contributed by atoms with van der Waals surface area (Å²) in [6.07, 6.45) is 1.84. The topological polar surface area (TPSA) is 85.2 Å². The van der Waals surface area contributed by atoms with Crippen LogP contribution in [0.25, 0.3) is 0 Å². The molecule has 3 N–H and O–H groups in total. The monoisotopic (exact) mass is 199 g/mol. The lowest BCUT2D eigenvalue weighted by atomic mass is 10.1. The Kier molecular flexibility index (Phi) is 4.03. The van der Waals surface area contributed by atoms with Crippen molar-refractivity contribution >= 4 is 0 Å². The fourth-order valence-corrected chi connectivity index (χ4v) is 1.03. The molecule has 0 bridgehead atoms. The van der Waals surface area contributed by atoms with Gasteiger partial charge in [-0.1, -0.05) is 25.4 Å². The van der Waals surface area contributed by atoms with Gasteiger partial charge in [0.15, 0.2) is 5.82 Å². The zero-order valence-corrected chi connectivity index (χ0v) is 8.60. The second-order valence-electron chi connectivity index (χ2n) is 3.55. The van der Waals surface area contributed by atoms with Gasteiger partial charge in [-0.2, -0.15) is 4.98 Å². The van der Waals surface area contributed by atoms with Crippen molar-refractivity contribution in [3.05, 3.63) is 11.7 Å². The van der Waals surface area contributed by atoms with E-state index in [1.54, 1.807) is 0 Å². The van der Waals surface area contributed by atoms with Crippen molar-refractivity contribution in [3.8, 4) is 0 Å². The minimum absolute atomic E-state index is 0.164. The minimum Gasteiger partial charge on any atom is -0.394 e. The highest BCUT2D eigenvalue weighted by Gasteiger charge is 2.14. The van der Waals surface area contributed by atoms with Gasteiger partial charge in [-0.05, 0) is 5.92 Å². The molecule has 0 saturated heterocycles. The van der Waals surface area contributed by atoms with Crippen LogP contribution in [0.15, 0.2) is 4.52 Å². The quantitative estimate of drug-likeness (QED) is 0.727. The number of nitrogens with two attached hydrogens (primary N) is 1. The lowest BCUT2D eigenvalue weighted by Gasteiger charge is -2.02. The van der Waals surface area contributed by atoms with E-state index in [9.17, 15) is 0 Å². The van der Waals surface area contributed by atoms with Crippen molar-refractivity contribution in [2.75, 3.05) is 6.61 Å². The molecule has 0 fully saturated rings. The lowest BCUT2D eigenvalue weighted by Crippen LogP contribution is -2.16. The molecule has 0 radical (unpaired) electrons. The maximum absolute atomic E-state index is 8.78. The van der Waals surface area contributed by atoms with Crippen molar-refractivity contribution in [1.29, 1.82) is 0 Å². The van der Waals surface area contributed by atoms with Crippen molar-refractivity contribution in [3.63, 3.8) is 0 Å². The lowest BCUT2D eigenvalue weighted by molar-refractivity contribution is 0.259. The Morgan fingerprint density at radius 3 is 2.86 bits per heavy atom. The van der Waals surface area contributed by atoms with Crippen molar-refractivity contribution in [2.24, 2.45) is 11.7 Å². The molecule has 14 heavy (non-hydrogen) atoms. The van der Waals surface area contributed by atoms with E-state index in [1.165, 1.54) is 0 Å². The number of aliphatic hydroxyl groups is 1. The fourth-order valence-electron chi connectivity index (χ4n) is 1.03. The molecule has 0 amide bonds. The first kappa shape index (κ1) is 11.1. The Bertz CT molecular complexity index is 275. The number of aliphatic hydroxyl groups excluding tert-OH is 1. The average Bonchev–Trinajstić information content (AvgIpc) is 2.65. The molecule has 5 heteroatoms. The Balaban J connectivity index is 2.59. The number of aromatic nitrogens is 2. The molecule has 0 saturated carbocycles. The van der Waals surface area contributed by atoms with Crippen LogP contribution in [0.2, 0.25) is 0 Å². The van der Waals surface area contributed by atoms with Crippen molar-refractivity contribution < 1.29 is 9.63 Å². The standard InChI is InChI=1S/C9H17N3O2/c1-3-6(2)4-8-11-9(12-14-8)7(10)5-13/h6-7,13H,3-5,10H2,1-2H3. The molecule has 1 heterocycles. The SMILES string of the molecule is CCC(C)Cc1nc(C(N)CO)no1. The van der Waals surface area contributed by atoms with Gasteiger partial charge in [-0.15, -0.1) is 0 Å². The van der Waals surface area contributed by atoms with E-state index in [0.717, 1.165) is 12.8 Å². The predicted molar refractivity (Wildman–Crippen MR) is 51.5 cm³/mol. The smallest absolute Gasteiger partial charge is 0.226 e. The highest BCUT2D eigenvalue weighted by molar-refractivity contribution is 4.93. The molecule has 1 aromatic heterocycles. The second kappa shape index (κ2) is 5.07. The molecular weight excluding hydrogens is 182 g/mol. The van der Waals surface area contributed by atoms with Gasteiger partial charge in [0.25, 0.3) is 0 Å². The highest BCUT2D eigenvalue weighted by atomic mass is 16.5. The summed E-state index contributed by atoms with van der Waals surface area (Å²) in [7, 11) is 0. The first-order chi connectivity index (χ1) is 6.67. The molecule has 0 aliphatic rings. The minimum atomic E-state index is -0.538. The summed E-state index contributed by atoms with van der Waals surface area (Å²) in [6.45, 7) is 4.07. The second-order valence-corrected chi connectivity index (χ2v) is 3.55. The van der Waals surface area contributed by atoms with Crippen LogP contribution < -0.4 is 5.73 Å². The Hall–Kier alpha value is -0.940. The van der Waals surface area contributed by atoms with Gasteiger partial charge >= 0.3 is 0 Å². The van der Waals surface area contributed by atoms with Crippen LogP contribution in [-0.4, -0.2) is 21.9 Å². The van der Waals surface area contributed by atoms with Crippen molar-refractivity contribution in [1.82, 2.24) is 10.1 Å². The number of hydrogen-bond donors (Lipinski definition) is 2. The van der Waals surface area contributed by atoms with Gasteiger partial charge in [-0.25, -0.2) is 0 Å².